The Labute approximate surface area is 118 Å². The first-order chi connectivity index (χ1) is 9.43. The van der Waals surface area contributed by atoms with Gasteiger partial charge >= 0.3 is 0 Å². The molecular weight excluding hydrogens is 254 g/mol. The molecule has 0 aromatic carbocycles. The van der Waals surface area contributed by atoms with E-state index < -0.39 is 0 Å². The second kappa shape index (κ2) is 5.53. The number of aryl methyl sites for hydroxylation is 4. The molecule has 0 spiro atoms. The van der Waals surface area contributed by atoms with Crippen LogP contribution in [0.3, 0.4) is 0 Å². The number of amides is 1. The minimum Gasteiger partial charge on any atom is -0.361 e. The lowest BCUT2D eigenvalue weighted by Gasteiger charge is -2.16. The lowest BCUT2D eigenvalue weighted by molar-refractivity contribution is 0.0930. The van der Waals surface area contributed by atoms with Crippen LogP contribution in [0.1, 0.15) is 58.1 Å². The molecule has 1 amide bonds. The summed E-state index contributed by atoms with van der Waals surface area (Å²) in [5, 5.41) is 7.00. The molecule has 1 unspecified atom stereocenters. The number of rotatable bonds is 4. The van der Waals surface area contributed by atoms with Crippen molar-refractivity contribution in [2.45, 2.75) is 47.1 Å². The SMILES string of the molecule is CCC(NC(=O)c1[nH]c(C)cc1C)c1c(C)noc1C. The average Bonchev–Trinajstić information content (AvgIpc) is 2.90. The van der Waals surface area contributed by atoms with Gasteiger partial charge in [0.05, 0.1) is 11.7 Å². The summed E-state index contributed by atoms with van der Waals surface area (Å²) in [6, 6.07) is 1.88. The lowest BCUT2D eigenvalue weighted by Crippen LogP contribution is -2.29. The molecule has 0 aliphatic heterocycles. The summed E-state index contributed by atoms with van der Waals surface area (Å²) in [4.78, 5) is 15.5. The molecule has 0 aliphatic rings. The van der Waals surface area contributed by atoms with Gasteiger partial charge in [0.1, 0.15) is 11.5 Å². The minimum atomic E-state index is -0.0950. The highest BCUT2D eigenvalue weighted by molar-refractivity contribution is 5.94. The minimum absolute atomic E-state index is 0.0863. The summed E-state index contributed by atoms with van der Waals surface area (Å²) in [6.07, 6.45) is 0.785. The number of nitrogens with zero attached hydrogens (tertiary/aromatic N) is 1. The van der Waals surface area contributed by atoms with Gasteiger partial charge in [0.25, 0.3) is 5.91 Å². The highest BCUT2D eigenvalue weighted by Gasteiger charge is 2.22. The van der Waals surface area contributed by atoms with Crippen LogP contribution in [0.15, 0.2) is 10.6 Å². The molecular formula is C15H21N3O2. The normalized spacial score (nSPS) is 12.4. The summed E-state index contributed by atoms with van der Waals surface area (Å²) in [5.41, 5.74) is 4.36. The van der Waals surface area contributed by atoms with Gasteiger partial charge in [0, 0.05) is 11.3 Å². The van der Waals surface area contributed by atoms with Gasteiger partial charge in [-0.25, -0.2) is 0 Å². The van der Waals surface area contributed by atoms with Gasteiger partial charge < -0.3 is 14.8 Å². The molecule has 2 heterocycles. The van der Waals surface area contributed by atoms with Crippen LogP contribution in [-0.4, -0.2) is 16.0 Å². The second-order valence-electron chi connectivity index (χ2n) is 5.18. The number of H-pyrrole nitrogens is 1. The quantitative estimate of drug-likeness (QED) is 0.900. The fourth-order valence-corrected chi connectivity index (χ4v) is 2.56. The van der Waals surface area contributed by atoms with Crippen LogP contribution in [0.2, 0.25) is 0 Å². The van der Waals surface area contributed by atoms with Crippen molar-refractivity contribution in [1.82, 2.24) is 15.5 Å². The van der Waals surface area contributed by atoms with E-state index in [0.29, 0.717) is 5.69 Å². The predicted molar refractivity (Wildman–Crippen MR) is 76.7 cm³/mol. The maximum absolute atomic E-state index is 12.4. The molecule has 2 aromatic rings. The first-order valence-corrected chi connectivity index (χ1v) is 6.83. The van der Waals surface area contributed by atoms with Crippen molar-refractivity contribution in [2.75, 3.05) is 0 Å². The topological polar surface area (TPSA) is 70.9 Å². The number of hydrogen-bond donors (Lipinski definition) is 2. The molecule has 20 heavy (non-hydrogen) atoms. The van der Waals surface area contributed by atoms with E-state index in [-0.39, 0.29) is 11.9 Å². The zero-order valence-electron chi connectivity index (χ0n) is 12.6. The summed E-state index contributed by atoms with van der Waals surface area (Å²) in [6.45, 7) is 9.66. The number of aromatic nitrogens is 2. The molecule has 5 nitrogen and oxygen atoms in total. The van der Waals surface area contributed by atoms with E-state index in [1.54, 1.807) is 0 Å². The molecule has 5 heteroatoms. The Morgan fingerprint density at radius 1 is 1.40 bits per heavy atom. The van der Waals surface area contributed by atoms with Gasteiger partial charge in [0.2, 0.25) is 0 Å². The van der Waals surface area contributed by atoms with Crippen molar-refractivity contribution >= 4 is 5.91 Å². The van der Waals surface area contributed by atoms with Crippen molar-refractivity contribution in [3.63, 3.8) is 0 Å². The molecule has 0 radical (unpaired) electrons. The third-order valence-electron chi connectivity index (χ3n) is 3.53. The van der Waals surface area contributed by atoms with Crippen LogP contribution < -0.4 is 5.32 Å². The maximum Gasteiger partial charge on any atom is 0.268 e. The lowest BCUT2D eigenvalue weighted by atomic mass is 10.0. The molecule has 0 aliphatic carbocycles. The molecule has 108 valence electrons. The summed E-state index contributed by atoms with van der Waals surface area (Å²) in [7, 11) is 0. The highest BCUT2D eigenvalue weighted by Crippen LogP contribution is 2.24. The standard InChI is InChI=1S/C15H21N3O2/c1-6-12(13-10(4)18-20-11(13)5)17-15(19)14-8(2)7-9(3)16-14/h7,12,16H,6H2,1-5H3,(H,17,19). The number of nitrogens with one attached hydrogen (secondary N) is 2. The van der Waals surface area contributed by atoms with E-state index in [1.165, 1.54) is 0 Å². The zero-order chi connectivity index (χ0) is 14.9. The van der Waals surface area contributed by atoms with Crippen molar-refractivity contribution in [1.29, 1.82) is 0 Å². The molecule has 1 atom stereocenters. The zero-order valence-corrected chi connectivity index (χ0v) is 12.6. The molecule has 0 fully saturated rings. The van der Waals surface area contributed by atoms with E-state index in [1.807, 2.05) is 40.7 Å². The number of hydrogen-bond acceptors (Lipinski definition) is 3. The van der Waals surface area contributed by atoms with E-state index in [0.717, 1.165) is 34.7 Å². The Kier molecular flexibility index (Phi) is 3.97. The second-order valence-corrected chi connectivity index (χ2v) is 5.18. The van der Waals surface area contributed by atoms with Crippen LogP contribution in [0.4, 0.5) is 0 Å². The van der Waals surface area contributed by atoms with Crippen LogP contribution in [0.5, 0.6) is 0 Å². The Balaban J connectivity index is 2.23. The van der Waals surface area contributed by atoms with Gasteiger partial charge in [-0.3, -0.25) is 4.79 Å². The Bertz CT molecular complexity index is 606. The molecule has 0 bridgehead atoms. The maximum atomic E-state index is 12.4. The Hall–Kier alpha value is -2.04. The highest BCUT2D eigenvalue weighted by atomic mass is 16.5. The predicted octanol–water partition coefficient (Wildman–Crippen LogP) is 3.12. The molecule has 0 saturated carbocycles. The fourth-order valence-electron chi connectivity index (χ4n) is 2.56. The van der Waals surface area contributed by atoms with E-state index in [2.05, 4.69) is 15.5 Å². The third kappa shape index (κ3) is 2.61. The van der Waals surface area contributed by atoms with Gasteiger partial charge in [-0.2, -0.15) is 0 Å². The van der Waals surface area contributed by atoms with E-state index in [9.17, 15) is 4.79 Å². The third-order valence-corrected chi connectivity index (χ3v) is 3.53. The number of carbonyl (C=O) groups is 1. The summed E-state index contributed by atoms with van der Waals surface area (Å²) >= 11 is 0. The number of aromatic amines is 1. The Morgan fingerprint density at radius 2 is 2.10 bits per heavy atom. The van der Waals surface area contributed by atoms with Crippen LogP contribution >= 0.6 is 0 Å². The summed E-state index contributed by atoms with van der Waals surface area (Å²) < 4.78 is 5.18. The smallest absolute Gasteiger partial charge is 0.268 e. The monoisotopic (exact) mass is 275 g/mol. The first-order valence-electron chi connectivity index (χ1n) is 6.83. The largest absolute Gasteiger partial charge is 0.361 e. The first kappa shape index (κ1) is 14.4. The summed E-state index contributed by atoms with van der Waals surface area (Å²) in [5.74, 6) is 0.663. The molecule has 2 aromatic heterocycles. The van der Waals surface area contributed by atoms with Gasteiger partial charge in [-0.05, 0) is 45.7 Å². The van der Waals surface area contributed by atoms with E-state index >= 15 is 0 Å². The van der Waals surface area contributed by atoms with Crippen LogP contribution in [0.25, 0.3) is 0 Å². The number of carbonyl (C=O) groups excluding carboxylic acids is 1. The van der Waals surface area contributed by atoms with Crippen molar-refractivity contribution < 1.29 is 9.32 Å². The van der Waals surface area contributed by atoms with Crippen molar-refractivity contribution in [3.05, 3.63) is 40.0 Å². The van der Waals surface area contributed by atoms with Crippen molar-refractivity contribution in [3.8, 4) is 0 Å². The van der Waals surface area contributed by atoms with Gasteiger partial charge in [-0.1, -0.05) is 12.1 Å². The van der Waals surface area contributed by atoms with E-state index in [4.69, 9.17) is 4.52 Å². The molecule has 2 N–H and O–H groups in total. The van der Waals surface area contributed by atoms with Gasteiger partial charge in [-0.15, -0.1) is 0 Å². The Morgan fingerprint density at radius 3 is 2.55 bits per heavy atom. The fraction of sp³-hybridized carbons (Fsp3) is 0.467. The average molecular weight is 275 g/mol. The van der Waals surface area contributed by atoms with Crippen molar-refractivity contribution in [2.24, 2.45) is 0 Å². The van der Waals surface area contributed by atoms with Crippen LogP contribution in [-0.2, 0) is 0 Å². The van der Waals surface area contributed by atoms with Gasteiger partial charge in [0.15, 0.2) is 0 Å². The molecule has 2 rings (SSSR count). The molecule has 0 saturated heterocycles. The van der Waals surface area contributed by atoms with Crippen LogP contribution in [0, 0.1) is 27.7 Å².